The van der Waals surface area contributed by atoms with Gasteiger partial charge in [0.1, 0.15) is 0 Å². The molecule has 0 bridgehead atoms. The van der Waals surface area contributed by atoms with Crippen LogP contribution in [0.5, 0.6) is 0 Å². The SMILES string of the molecule is c1ccc2c(c1)CSCC2NCCOCC1CC1. The van der Waals surface area contributed by atoms with Crippen molar-refractivity contribution in [1.82, 2.24) is 5.32 Å². The fraction of sp³-hybridized carbons (Fsp3) is 0.600. The molecule has 1 heterocycles. The van der Waals surface area contributed by atoms with Gasteiger partial charge in [-0.3, -0.25) is 0 Å². The first-order chi connectivity index (χ1) is 8.93. The van der Waals surface area contributed by atoms with Gasteiger partial charge in [0.25, 0.3) is 0 Å². The minimum atomic E-state index is 0.504. The van der Waals surface area contributed by atoms with Crippen molar-refractivity contribution in [2.75, 3.05) is 25.5 Å². The Labute approximate surface area is 113 Å². The number of hydrogen-bond acceptors (Lipinski definition) is 3. The van der Waals surface area contributed by atoms with Gasteiger partial charge in [-0.25, -0.2) is 0 Å². The fourth-order valence-corrected chi connectivity index (χ4v) is 3.52. The molecule has 98 valence electrons. The normalized spacial score (nSPS) is 22.8. The van der Waals surface area contributed by atoms with Gasteiger partial charge < -0.3 is 10.1 Å². The Hall–Kier alpha value is -0.510. The van der Waals surface area contributed by atoms with E-state index >= 15 is 0 Å². The zero-order valence-corrected chi connectivity index (χ0v) is 11.5. The molecule has 0 radical (unpaired) electrons. The summed E-state index contributed by atoms with van der Waals surface area (Å²) >= 11 is 2.02. The Morgan fingerprint density at radius 1 is 1.28 bits per heavy atom. The lowest BCUT2D eigenvalue weighted by molar-refractivity contribution is 0.124. The van der Waals surface area contributed by atoms with Crippen LogP contribution >= 0.6 is 11.8 Å². The van der Waals surface area contributed by atoms with Crippen LogP contribution in [0.1, 0.15) is 30.0 Å². The maximum absolute atomic E-state index is 5.67. The molecule has 1 aromatic carbocycles. The van der Waals surface area contributed by atoms with Crippen molar-refractivity contribution >= 4 is 11.8 Å². The fourth-order valence-electron chi connectivity index (χ4n) is 2.39. The molecule has 2 nitrogen and oxygen atoms in total. The highest BCUT2D eigenvalue weighted by Gasteiger charge is 2.21. The maximum atomic E-state index is 5.67. The van der Waals surface area contributed by atoms with E-state index in [-0.39, 0.29) is 0 Å². The highest BCUT2D eigenvalue weighted by Crippen LogP contribution is 2.31. The number of hydrogen-bond donors (Lipinski definition) is 1. The van der Waals surface area contributed by atoms with E-state index in [2.05, 4.69) is 29.6 Å². The topological polar surface area (TPSA) is 21.3 Å². The number of nitrogens with one attached hydrogen (secondary N) is 1. The maximum Gasteiger partial charge on any atom is 0.0591 e. The summed E-state index contributed by atoms with van der Waals surface area (Å²) in [6.45, 7) is 2.78. The van der Waals surface area contributed by atoms with Crippen molar-refractivity contribution < 1.29 is 4.74 Å². The zero-order chi connectivity index (χ0) is 12.2. The van der Waals surface area contributed by atoms with E-state index in [9.17, 15) is 0 Å². The van der Waals surface area contributed by atoms with E-state index in [1.807, 2.05) is 11.8 Å². The molecule has 18 heavy (non-hydrogen) atoms. The van der Waals surface area contributed by atoms with E-state index in [4.69, 9.17) is 4.74 Å². The van der Waals surface area contributed by atoms with Crippen LogP contribution in [0.2, 0.25) is 0 Å². The number of benzene rings is 1. The number of thioether (sulfide) groups is 1. The van der Waals surface area contributed by atoms with E-state index in [1.165, 1.54) is 29.7 Å². The van der Waals surface area contributed by atoms with Gasteiger partial charge in [-0.05, 0) is 29.9 Å². The van der Waals surface area contributed by atoms with Gasteiger partial charge >= 0.3 is 0 Å². The quantitative estimate of drug-likeness (QED) is 0.797. The Balaban J connectivity index is 1.44. The van der Waals surface area contributed by atoms with E-state index in [0.29, 0.717) is 6.04 Å². The van der Waals surface area contributed by atoms with Crippen LogP contribution in [-0.2, 0) is 10.5 Å². The molecule has 0 saturated heterocycles. The first kappa shape index (κ1) is 12.5. The average Bonchev–Trinajstić information content (AvgIpc) is 3.23. The Bertz CT molecular complexity index is 392. The first-order valence-electron chi connectivity index (χ1n) is 6.90. The number of fused-ring (bicyclic) bond motifs is 1. The van der Waals surface area contributed by atoms with E-state index < -0.39 is 0 Å². The molecule has 2 aliphatic rings. The monoisotopic (exact) mass is 263 g/mol. The third kappa shape index (κ3) is 3.28. The third-order valence-electron chi connectivity index (χ3n) is 3.66. The van der Waals surface area contributed by atoms with Crippen LogP contribution in [0.4, 0.5) is 0 Å². The van der Waals surface area contributed by atoms with Crippen molar-refractivity contribution in [3.8, 4) is 0 Å². The van der Waals surface area contributed by atoms with Gasteiger partial charge in [0.2, 0.25) is 0 Å². The molecule has 1 atom stereocenters. The zero-order valence-electron chi connectivity index (χ0n) is 10.7. The van der Waals surface area contributed by atoms with Crippen LogP contribution in [-0.4, -0.2) is 25.5 Å². The second kappa shape index (κ2) is 6.09. The smallest absolute Gasteiger partial charge is 0.0591 e. The Morgan fingerprint density at radius 2 is 2.17 bits per heavy atom. The third-order valence-corrected chi connectivity index (χ3v) is 4.74. The lowest BCUT2D eigenvalue weighted by Crippen LogP contribution is -2.29. The van der Waals surface area contributed by atoms with Crippen LogP contribution in [0.3, 0.4) is 0 Å². The Kier molecular flexibility index (Phi) is 4.24. The largest absolute Gasteiger partial charge is 0.380 e. The predicted octanol–water partition coefficient (Wildman–Crippen LogP) is 2.99. The molecule has 3 rings (SSSR count). The molecular weight excluding hydrogens is 242 g/mol. The lowest BCUT2D eigenvalue weighted by atomic mass is 10.0. The predicted molar refractivity (Wildman–Crippen MR) is 76.9 cm³/mol. The molecule has 3 heteroatoms. The molecule has 0 aromatic heterocycles. The summed E-state index contributed by atoms with van der Waals surface area (Å²) in [6, 6.07) is 9.30. The molecular formula is C15H21NOS. The van der Waals surface area contributed by atoms with Crippen LogP contribution in [0.25, 0.3) is 0 Å². The highest BCUT2D eigenvalue weighted by molar-refractivity contribution is 7.98. The van der Waals surface area contributed by atoms with Crippen molar-refractivity contribution in [2.24, 2.45) is 5.92 Å². The van der Waals surface area contributed by atoms with Gasteiger partial charge in [-0.2, -0.15) is 11.8 Å². The van der Waals surface area contributed by atoms with Crippen molar-refractivity contribution in [2.45, 2.75) is 24.6 Å². The second-order valence-electron chi connectivity index (χ2n) is 5.24. The van der Waals surface area contributed by atoms with Gasteiger partial charge in [0.05, 0.1) is 6.61 Å². The summed E-state index contributed by atoms with van der Waals surface area (Å²) in [6.07, 6.45) is 2.75. The molecule has 0 amide bonds. The van der Waals surface area contributed by atoms with E-state index in [1.54, 1.807) is 0 Å². The molecule has 1 fully saturated rings. The Morgan fingerprint density at radius 3 is 3.06 bits per heavy atom. The molecule has 0 spiro atoms. The van der Waals surface area contributed by atoms with Gasteiger partial charge in [-0.1, -0.05) is 24.3 Å². The van der Waals surface area contributed by atoms with Gasteiger partial charge in [-0.15, -0.1) is 0 Å². The van der Waals surface area contributed by atoms with Crippen LogP contribution < -0.4 is 5.32 Å². The molecule has 1 aromatic rings. The molecule has 1 saturated carbocycles. The average molecular weight is 263 g/mol. The summed E-state index contributed by atoms with van der Waals surface area (Å²) < 4.78 is 5.67. The summed E-state index contributed by atoms with van der Waals surface area (Å²) in [5.41, 5.74) is 2.98. The first-order valence-corrected chi connectivity index (χ1v) is 8.05. The van der Waals surface area contributed by atoms with Crippen molar-refractivity contribution in [1.29, 1.82) is 0 Å². The minimum absolute atomic E-state index is 0.504. The summed E-state index contributed by atoms with van der Waals surface area (Å²) in [7, 11) is 0. The molecule has 1 aliphatic heterocycles. The molecule has 1 aliphatic carbocycles. The molecule has 1 unspecified atom stereocenters. The second-order valence-corrected chi connectivity index (χ2v) is 6.27. The van der Waals surface area contributed by atoms with E-state index in [0.717, 1.165) is 31.4 Å². The highest BCUT2D eigenvalue weighted by atomic mass is 32.2. The number of rotatable bonds is 6. The lowest BCUT2D eigenvalue weighted by Gasteiger charge is -2.26. The standard InChI is InChI=1S/C15H21NOS/c1-2-4-14-13(3-1)10-18-11-15(14)16-7-8-17-9-12-5-6-12/h1-4,12,15-16H,5-11H2. The minimum Gasteiger partial charge on any atom is -0.380 e. The van der Waals surface area contributed by atoms with Crippen molar-refractivity contribution in [3.05, 3.63) is 35.4 Å². The molecule has 1 N–H and O–H groups in total. The van der Waals surface area contributed by atoms with Crippen LogP contribution in [0.15, 0.2) is 24.3 Å². The van der Waals surface area contributed by atoms with Crippen molar-refractivity contribution in [3.63, 3.8) is 0 Å². The van der Waals surface area contributed by atoms with Gasteiger partial charge in [0.15, 0.2) is 0 Å². The number of ether oxygens (including phenoxy) is 1. The summed E-state index contributed by atoms with van der Waals surface area (Å²) in [5.74, 6) is 3.21. The van der Waals surface area contributed by atoms with Crippen LogP contribution in [0, 0.1) is 5.92 Å². The summed E-state index contributed by atoms with van der Waals surface area (Å²) in [5, 5.41) is 3.63. The van der Waals surface area contributed by atoms with Gasteiger partial charge in [0, 0.05) is 30.7 Å². The summed E-state index contributed by atoms with van der Waals surface area (Å²) in [4.78, 5) is 0.